The zero-order valence-corrected chi connectivity index (χ0v) is 22.9. The van der Waals surface area contributed by atoms with Crippen LogP contribution in [-0.4, -0.2) is 47.4 Å². The van der Waals surface area contributed by atoms with Crippen molar-refractivity contribution in [3.63, 3.8) is 0 Å². The summed E-state index contributed by atoms with van der Waals surface area (Å²) in [6, 6.07) is 14.3. The van der Waals surface area contributed by atoms with Crippen molar-refractivity contribution in [1.29, 1.82) is 0 Å². The van der Waals surface area contributed by atoms with E-state index >= 15 is 0 Å². The largest absolute Gasteiger partial charge is 0.376 e. The van der Waals surface area contributed by atoms with E-state index < -0.39 is 0 Å². The minimum atomic E-state index is -0.0188. The third kappa shape index (κ3) is 9.42. The fourth-order valence-corrected chi connectivity index (χ4v) is 5.80. The van der Waals surface area contributed by atoms with Gasteiger partial charge < -0.3 is 14.5 Å². The number of nitrogens with zero attached hydrogens (tertiary/aromatic N) is 2. The van der Waals surface area contributed by atoms with E-state index in [1.807, 2.05) is 35.2 Å². The molecule has 0 N–H and O–H groups in total. The van der Waals surface area contributed by atoms with Crippen molar-refractivity contribution in [3.8, 4) is 0 Å². The Balaban J connectivity index is 1.74. The van der Waals surface area contributed by atoms with Crippen LogP contribution in [0.5, 0.6) is 0 Å². The standard InChI is InChI=1S/C29H42N2O3S/c1-22(17-29(3,4)5)16-27(32)31(19-25-12-9-15-34-25)21-28(33)30(18-24-10-7-6-8-11-24)20-26-14-13-23(2)35-26/h6-8,10-11,13-14,22,25H,9,12,15-21H2,1-5H3. The molecule has 0 spiro atoms. The number of hydrogen-bond acceptors (Lipinski definition) is 4. The number of hydrogen-bond donors (Lipinski definition) is 0. The molecule has 1 fully saturated rings. The third-order valence-corrected chi connectivity index (χ3v) is 7.31. The van der Waals surface area contributed by atoms with E-state index in [0.717, 1.165) is 36.3 Å². The molecule has 1 saturated heterocycles. The van der Waals surface area contributed by atoms with Crippen molar-refractivity contribution < 1.29 is 14.3 Å². The molecule has 3 rings (SSSR count). The summed E-state index contributed by atoms with van der Waals surface area (Å²) in [5, 5.41) is 0. The molecule has 2 amide bonds. The predicted octanol–water partition coefficient (Wildman–Crippen LogP) is 6.06. The van der Waals surface area contributed by atoms with Crippen LogP contribution in [0, 0.1) is 18.3 Å². The first-order chi connectivity index (χ1) is 16.6. The van der Waals surface area contributed by atoms with Gasteiger partial charge in [-0.25, -0.2) is 0 Å². The second-order valence-corrected chi connectivity index (χ2v) is 12.6. The van der Waals surface area contributed by atoms with E-state index in [2.05, 4.69) is 46.8 Å². The third-order valence-electron chi connectivity index (χ3n) is 6.32. The highest BCUT2D eigenvalue weighted by Gasteiger charge is 2.28. The zero-order chi connectivity index (χ0) is 25.4. The minimum absolute atomic E-state index is 0.0188. The Morgan fingerprint density at radius 3 is 2.40 bits per heavy atom. The van der Waals surface area contributed by atoms with Crippen LogP contribution >= 0.6 is 11.3 Å². The molecule has 2 atom stereocenters. The SMILES string of the molecule is Cc1ccc(CN(Cc2ccccc2)C(=O)CN(CC2CCCO2)C(=O)CC(C)CC(C)(C)C)s1. The Kier molecular flexibility index (Phi) is 9.93. The number of thiophene rings is 1. The molecule has 5 nitrogen and oxygen atoms in total. The number of aryl methyl sites for hydroxylation is 1. The average Bonchev–Trinajstić information content (AvgIpc) is 3.43. The number of carbonyl (C=O) groups excluding carboxylic acids is 2. The maximum absolute atomic E-state index is 13.7. The number of carbonyl (C=O) groups is 2. The fraction of sp³-hybridized carbons (Fsp3) is 0.586. The van der Waals surface area contributed by atoms with E-state index in [1.165, 1.54) is 4.88 Å². The molecule has 35 heavy (non-hydrogen) atoms. The molecule has 2 aromatic rings. The van der Waals surface area contributed by atoms with Gasteiger partial charge in [-0.2, -0.15) is 0 Å². The molecular formula is C29H42N2O3S. The summed E-state index contributed by atoms with van der Waals surface area (Å²) < 4.78 is 5.84. The maximum Gasteiger partial charge on any atom is 0.242 e. The molecule has 2 unspecified atom stereocenters. The van der Waals surface area contributed by atoms with Gasteiger partial charge in [-0.05, 0) is 55.2 Å². The van der Waals surface area contributed by atoms with Gasteiger partial charge in [0.1, 0.15) is 0 Å². The average molecular weight is 499 g/mol. The highest BCUT2D eigenvalue weighted by molar-refractivity contribution is 7.11. The lowest BCUT2D eigenvalue weighted by Crippen LogP contribution is -2.45. The number of amides is 2. The highest BCUT2D eigenvalue weighted by Crippen LogP contribution is 2.27. The lowest BCUT2D eigenvalue weighted by molar-refractivity contribution is -0.143. The summed E-state index contributed by atoms with van der Waals surface area (Å²) in [6.45, 7) is 13.2. The first-order valence-corrected chi connectivity index (χ1v) is 13.7. The smallest absolute Gasteiger partial charge is 0.242 e. The van der Waals surface area contributed by atoms with Crippen LogP contribution < -0.4 is 0 Å². The molecule has 0 saturated carbocycles. The molecule has 2 heterocycles. The van der Waals surface area contributed by atoms with Crippen LogP contribution in [0.25, 0.3) is 0 Å². The van der Waals surface area contributed by atoms with Crippen molar-refractivity contribution in [3.05, 3.63) is 57.8 Å². The topological polar surface area (TPSA) is 49.9 Å². The lowest BCUT2D eigenvalue weighted by atomic mass is 9.84. The Labute approximate surface area is 215 Å². The van der Waals surface area contributed by atoms with Crippen LogP contribution in [0.15, 0.2) is 42.5 Å². The summed E-state index contributed by atoms with van der Waals surface area (Å²) in [6.07, 6.45) is 3.40. The summed E-state index contributed by atoms with van der Waals surface area (Å²) in [5.74, 6) is 0.297. The molecule has 1 aliphatic heterocycles. The molecule has 0 radical (unpaired) electrons. The Bertz CT molecular complexity index is 944. The minimum Gasteiger partial charge on any atom is -0.376 e. The van der Waals surface area contributed by atoms with Crippen molar-refractivity contribution in [2.75, 3.05) is 19.7 Å². The predicted molar refractivity (Wildman–Crippen MR) is 143 cm³/mol. The zero-order valence-electron chi connectivity index (χ0n) is 22.1. The molecular weight excluding hydrogens is 456 g/mol. The van der Waals surface area contributed by atoms with Crippen LogP contribution in [0.2, 0.25) is 0 Å². The summed E-state index contributed by atoms with van der Waals surface area (Å²) >= 11 is 1.71. The molecule has 192 valence electrons. The molecule has 0 aliphatic carbocycles. The summed E-state index contributed by atoms with van der Waals surface area (Å²) in [4.78, 5) is 33.1. The van der Waals surface area contributed by atoms with Gasteiger partial charge in [0.25, 0.3) is 0 Å². The normalized spacial score (nSPS) is 16.8. The van der Waals surface area contributed by atoms with E-state index in [-0.39, 0.29) is 35.8 Å². The summed E-state index contributed by atoms with van der Waals surface area (Å²) in [7, 11) is 0. The molecule has 1 aromatic carbocycles. The quantitative estimate of drug-likeness (QED) is 0.379. The van der Waals surface area contributed by atoms with Gasteiger partial charge in [-0.3, -0.25) is 9.59 Å². The lowest BCUT2D eigenvalue weighted by Gasteiger charge is -2.30. The van der Waals surface area contributed by atoms with Gasteiger partial charge in [0.05, 0.1) is 19.2 Å². The van der Waals surface area contributed by atoms with Crippen LogP contribution in [0.3, 0.4) is 0 Å². The van der Waals surface area contributed by atoms with Crippen molar-refractivity contribution in [2.45, 2.75) is 79.5 Å². The number of benzene rings is 1. The fourth-order valence-electron chi connectivity index (χ4n) is 4.89. The maximum atomic E-state index is 13.7. The van der Waals surface area contributed by atoms with Gasteiger partial charge in [0, 0.05) is 35.9 Å². The van der Waals surface area contributed by atoms with Crippen molar-refractivity contribution in [1.82, 2.24) is 9.80 Å². The Morgan fingerprint density at radius 1 is 1.06 bits per heavy atom. The Morgan fingerprint density at radius 2 is 1.80 bits per heavy atom. The first kappa shape index (κ1) is 27.4. The van der Waals surface area contributed by atoms with Gasteiger partial charge in [-0.15, -0.1) is 11.3 Å². The van der Waals surface area contributed by atoms with Gasteiger partial charge >= 0.3 is 0 Å². The molecule has 0 bridgehead atoms. The Hall–Kier alpha value is -2.18. The second kappa shape index (κ2) is 12.7. The van der Waals surface area contributed by atoms with E-state index in [9.17, 15) is 9.59 Å². The molecule has 1 aromatic heterocycles. The van der Waals surface area contributed by atoms with Crippen molar-refractivity contribution >= 4 is 23.2 Å². The van der Waals surface area contributed by atoms with Crippen molar-refractivity contribution in [2.24, 2.45) is 11.3 Å². The highest BCUT2D eigenvalue weighted by atomic mass is 32.1. The van der Waals surface area contributed by atoms with E-state index in [1.54, 1.807) is 16.2 Å². The van der Waals surface area contributed by atoms with Gasteiger partial charge in [0.15, 0.2) is 0 Å². The van der Waals surface area contributed by atoms with E-state index in [0.29, 0.717) is 26.1 Å². The monoisotopic (exact) mass is 498 g/mol. The van der Waals surface area contributed by atoms with Crippen LogP contribution in [0.1, 0.15) is 68.7 Å². The number of ether oxygens (including phenoxy) is 1. The molecule has 6 heteroatoms. The first-order valence-electron chi connectivity index (χ1n) is 12.9. The second-order valence-electron chi connectivity index (χ2n) is 11.2. The van der Waals surface area contributed by atoms with Gasteiger partial charge in [-0.1, -0.05) is 58.0 Å². The summed E-state index contributed by atoms with van der Waals surface area (Å²) in [5.41, 5.74) is 1.25. The molecule has 1 aliphatic rings. The van der Waals surface area contributed by atoms with Gasteiger partial charge in [0.2, 0.25) is 11.8 Å². The van der Waals surface area contributed by atoms with Crippen LogP contribution in [-0.2, 0) is 27.4 Å². The van der Waals surface area contributed by atoms with Crippen LogP contribution in [0.4, 0.5) is 0 Å². The van der Waals surface area contributed by atoms with E-state index in [4.69, 9.17) is 4.74 Å². The number of rotatable bonds is 11.